The van der Waals surface area contributed by atoms with Crippen LogP contribution in [0.1, 0.15) is 11.6 Å². The van der Waals surface area contributed by atoms with Gasteiger partial charge in [0, 0.05) is 12.1 Å². The molecule has 0 fully saturated rings. The third-order valence-electron chi connectivity index (χ3n) is 2.31. The predicted octanol–water partition coefficient (Wildman–Crippen LogP) is 1.48. The number of aliphatic imine (C=N–C) groups is 1. The molecular formula is C10H11ClFN3. The standard InChI is InChI=1S/C10H11ClFN3/c11-7-3-1-2-6(8(7)12)9(13)10-14-4-5-15-10/h1-3,9H,4-5,13H2,(H,14,15). The Morgan fingerprint density at radius 3 is 3.00 bits per heavy atom. The van der Waals surface area contributed by atoms with E-state index < -0.39 is 11.9 Å². The van der Waals surface area contributed by atoms with E-state index in [2.05, 4.69) is 10.3 Å². The summed E-state index contributed by atoms with van der Waals surface area (Å²) in [7, 11) is 0. The van der Waals surface area contributed by atoms with Gasteiger partial charge >= 0.3 is 0 Å². The minimum atomic E-state index is -0.564. The lowest BCUT2D eigenvalue weighted by Crippen LogP contribution is -2.31. The van der Waals surface area contributed by atoms with Crippen molar-refractivity contribution in [1.82, 2.24) is 5.32 Å². The molecule has 0 aromatic heterocycles. The Balaban J connectivity index is 2.32. The van der Waals surface area contributed by atoms with Gasteiger partial charge in [0.1, 0.15) is 11.7 Å². The fourth-order valence-electron chi connectivity index (χ4n) is 1.53. The number of hydrogen-bond donors (Lipinski definition) is 2. The van der Waals surface area contributed by atoms with Crippen molar-refractivity contribution >= 4 is 17.4 Å². The van der Waals surface area contributed by atoms with Crippen LogP contribution >= 0.6 is 11.6 Å². The van der Waals surface area contributed by atoms with Crippen LogP contribution in [0.2, 0.25) is 5.02 Å². The SMILES string of the molecule is NC(C1=NCCN1)c1cccc(Cl)c1F. The van der Waals surface area contributed by atoms with Crippen molar-refractivity contribution in [2.75, 3.05) is 13.1 Å². The molecule has 1 unspecified atom stereocenters. The molecule has 0 bridgehead atoms. The van der Waals surface area contributed by atoms with Crippen LogP contribution in [-0.4, -0.2) is 18.9 Å². The molecular weight excluding hydrogens is 217 g/mol. The van der Waals surface area contributed by atoms with Gasteiger partial charge in [-0.15, -0.1) is 0 Å². The lowest BCUT2D eigenvalue weighted by Gasteiger charge is -2.13. The molecule has 5 heteroatoms. The first kappa shape index (κ1) is 10.4. The first-order valence-corrected chi connectivity index (χ1v) is 5.05. The summed E-state index contributed by atoms with van der Waals surface area (Å²) in [5.74, 6) is 0.152. The number of hydrogen-bond acceptors (Lipinski definition) is 3. The Morgan fingerprint density at radius 2 is 2.33 bits per heavy atom. The van der Waals surface area contributed by atoms with Crippen molar-refractivity contribution in [2.24, 2.45) is 10.7 Å². The van der Waals surface area contributed by atoms with Gasteiger partial charge in [0.2, 0.25) is 0 Å². The topological polar surface area (TPSA) is 50.4 Å². The summed E-state index contributed by atoms with van der Waals surface area (Å²) in [5, 5.41) is 3.10. The highest BCUT2D eigenvalue weighted by molar-refractivity contribution is 6.30. The van der Waals surface area contributed by atoms with Crippen LogP contribution < -0.4 is 11.1 Å². The molecule has 15 heavy (non-hydrogen) atoms. The average molecular weight is 228 g/mol. The number of nitrogens with zero attached hydrogens (tertiary/aromatic N) is 1. The van der Waals surface area contributed by atoms with Gasteiger partial charge in [0.25, 0.3) is 0 Å². The molecule has 3 nitrogen and oxygen atoms in total. The molecule has 80 valence electrons. The van der Waals surface area contributed by atoms with Gasteiger partial charge in [0.05, 0.1) is 17.6 Å². The molecule has 1 atom stereocenters. The highest BCUT2D eigenvalue weighted by Crippen LogP contribution is 2.22. The van der Waals surface area contributed by atoms with Crippen molar-refractivity contribution in [3.8, 4) is 0 Å². The smallest absolute Gasteiger partial charge is 0.147 e. The average Bonchev–Trinajstić information content (AvgIpc) is 2.74. The van der Waals surface area contributed by atoms with Crippen LogP contribution in [0, 0.1) is 5.82 Å². The minimum absolute atomic E-state index is 0.0848. The highest BCUT2D eigenvalue weighted by atomic mass is 35.5. The summed E-state index contributed by atoms with van der Waals surface area (Å²) in [6.45, 7) is 1.44. The molecule has 1 aromatic carbocycles. The van der Waals surface area contributed by atoms with Gasteiger partial charge < -0.3 is 11.1 Å². The van der Waals surface area contributed by atoms with E-state index in [-0.39, 0.29) is 5.02 Å². The fraction of sp³-hybridized carbons (Fsp3) is 0.300. The van der Waals surface area contributed by atoms with Crippen molar-refractivity contribution in [3.63, 3.8) is 0 Å². The van der Waals surface area contributed by atoms with E-state index in [1.54, 1.807) is 12.1 Å². The van der Waals surface area contributed by atoms with Gasteiger partial charge in [-0.05, 0) is 6.07 Å². The largest absolute Gasteiger partial charge is 0.370 e. The zero-order chi connectivity index (χ0) is 10.8. The molecule has 2 rings (SSSR count). The monoisotopic (exact) mass is 227 g/mol. The predicted molar refractivity (Wildman–Crippen MR) is 58.6 cm³/mol. The van der Waals surface area contributed by atoms with E-state index in [9.17, 15) is 4.39 Å². The normalized spacial score (nSPS) is 17.1. The van der Waals surface area contributed by atoms with Crippen molar-refractivity contribution in [1.29, 1.82) is 0 Å². The second-order valence-electron chi connectivity index (χ2n) is 3.31. The van der Waals surface area contributed by atoms with Crippen LogP contribution in [0.4, 0.5) is 4.39 Å². The van der Waals surface area contributed by atoms with Crippen LogP contribution in [0.15, 0.2) is 23.2 Å². The number of benzene rings is 1. The number of halogens is 2. The molecule has 1 aliphatic rings. The Kier molecular flexibility index (Phi) is 2.88. The van der Waals surface area contributed by atoms with E-state index in [1.807, 2.05) is 0 Å². The number of nitrogens with one attached hydrogen (secondary N) is 1. The molecule has 0 aliphatic carbocycles. The number of rotatable bonds is 2. The first-order chi connectivity index (χ1) is 7.20. The highest BCUT2D eigenvalue weighted by Gasteiger charge is 2.20. The van der Waals surface area contributed by atoms with Crippen LogP contribution in [0.3, 0.4) is 0 Å². The molecule has 1 aliphatic heterocycles. The lowest BCUT2D eigenvalue weighted by molar-refractivity contribution is 0.605. The second kappa shape index (κ2) is 4.16. The summed E-state index contributed by atoms with van der Waals surface area (Å²) >= 11 is 5.67. The summed E-state index contributed by atoms with van der Waals surface area (Å²) in [6, 6.07) is 4.23. The number of nitrogens with two attached hydrogens (primary N) is 1. The van der Waals surface area contributed by atoms with E-state index in [4.69, 9.17) is 17.3 Å². The number of amidine groups is 1. The maximum atomic E-state index is 13.6. The van der Waals surface area contributed by atoms with Crippen LogP contribution in [-0.2, 0) is 0 Å². The first-order valence-electron chi connectivity index (χ1n) is 4.68. The lowest BCUT2D eigenvalue weighted by atomic mass is 10.1. The molecule has 0 radical (unpaired) electrons. The quantitative estimate of drug-likeness (QED) is 0.804. The zero-order valence-electron chi connectivity index (χ0n) is 8.00. The maximum absolute atomic E-state index is 13.6. The summed E-state index contributed by atoms with van der Waals surface area (Å²) in [5.41, 5.74) is 6.25. The third-order valence-corrected chi connectivity index (χ3v) is 2.60. The van der Waals surface area contributed by atoms with Gasteiger partial charge in [-0.25, -0.2) is 4.39 Å². The van der Waals surface area contributed by atoms with E-state index in [1.165, 1.54) is 6.07 Å². The molecule has 0 saturated carbocycles. The molecule has 0 amide bonds. The molecule has 0 saturated heterocycles. The summed E-state index contributed by atoms with van der Waals surface area (Å²) in [4.78, 5) is 4.15. The van der Waals surface area contributed by atoms with Crippen LogP contribution in [0.25, 0.3) is 0 Å². The second-order valence-corrected chi connectivity index (χ2v) is 3.72. The molecule has 1 heterocycles. The summed E-state index contributed by atoms with van der Waals surface area (Å²) in [6.07, 6.45) is 0. The molecule has 1 aromatic rings. The molecule has 0 spiro atoms. The molecule has 3 N–H and O–H groups in total. The van der Waals surface area contributed by atoms with Crippen molar-refractivity contribution in [3.05, 3.63) is 34.6 Å². The van der Waals surface area contributed by atoms with Gasteiger partial charge in [-0.3, -0.25) is 4.99 Å². The van der Waals surface area contributed by atoms with E-state index in [0.29, 0.717) is 17.9 Å². The van der Waals surface area contributed by atoms with Gasteiger partial charge in [-0.1, -0.05) is 23.7 Å². The summed E-state index contributed by atoms with van der Waals surface area (Å²) < 4.78 is 13.6. The van der Waals surface area contributed by atoms with Crippen molar-refractivity contribution < 1.29 is 4.39 Å². The van der Waals surface area contributed by atoms with Crippen molar-refractivity contribution in [2.45, 2.75) is 6.04 Å². The Bertz CT molecular complexity index is 406. The zero-order valence-corrected chi connectivity index (χ0v) is 8.76. The minimum Gasteiger partial charge on any atom is -0.370 e. The Hall–Kier alpha value is -1.13. The third kappa shape index (κ3) is 1.96. The Labute approximate surface area is 92.1 Å². The van der Waals surface area contributed by atoms with Gasteiger partial charge in [-0.2, -0.15) is 0 Å². The fourth-order valence-corrected chi connectivity index (χ4v) is 1.71. The van der Waals surface area contributed by atoms with E-state index in [0.717, 1.165) is 6.54 Å². The van der Waals surface area contributed by atoms with E-state index >= 15 is 0 Å². The Morgan fingerprint density at radius 1 is 1.53 bits per heavy atom. The van der Waals surface area contributed by atoms with Crippen LogP contribution in [0.5, 0.6) is 0 Å². The van der Waals surface area contributed by atoms with Gasteiger partial charge in [0.15, 0.2) is 0 Å². The maximum Gasteiger partial charge on any atom is 0.147 e.